The normalized spacial score (nSPS) is 9.42. The van der Waals surface area contributed by atoms with Gasteiger partial charge in [0.05, 0.1) is 0 Å². The second-order valence-corrected chi connectivity index (χ2v) is 3.28. The molecule has 3 N–H and O–H groups in total. The number of amides is 1. The van der Waals surface area contributed by atoms with E-state index in [0.717, 1.165) is 0 Å². The van der Waals surface area contributed by atoms with Crippen LogP contribution in [0.5, 0.6) is 0 Å². The third kappa shape index (κ3) is 2.14. The van der Waals surface area contributed by atoms with Crippen molar-refractivity contribution in [2.75, 3.05) is 10.3 Å². The zero-order chi connectivity index (χ0) is 8.97. The number of anilines is 1. The first-order valence-electron chi connectivity index (χ1n) is 3.53. The topological polar surface area (TPSA) is 55.1 Å². The van der Waals surface area contributed by atoms with E-state index in [2.05, 4.69) is 5.32 Å². The van der Waals surface area contributed by atoms with Crippen molar-refractivity contribution in [3.8, 4) is 0 Å². The Hall–Kier alpha value is -0.711. The van der Waals surface area contributed by atoms with Gasteiger partial charge in [-0.15, -0.1) is 0 Å². The summed E-state index contributed by atoms with van der Waals surface area (Å²) in [5.41, 5.74) is 6.68. The van der Waals surface area contributed by atoms with Crippen LogP contribution in [0.4, 0.5) is 5.69 Å². The number of nitrogen functional groups attached to an aromatic ring is 1. The van der Waals surface area contributed by atoms with Gasteiger partial charge in [-0.1, -0.05) is 0 Å². The first kappa shape index (κ1) is 9.38. The fraction of sp³-hybridized carbons (Fsp3) is 0.125. The molecule has 61 valence electrons. The minimum atomic E-state index is -0.0927. The van der Waals surface area contributed by atoms with E-state index in [0.29, 0.717) is 15.8 Å². The van der Waals surface area contributed by atoms with Crippen LogP contribution in [0.3, 0.4) is 0 Å². The van der Waals surface area contributed by atoms with Crippen LogP contribution in [-0.4, -0.2) is 33.0 Å². The molecule has 0 aliphatic heterocycles. The Kier molecular flexibility index (Phi) is 3.40. The Balaban J connectivity index is 2.87. The summed E-state index contributed by atoms with van der Waals surface area (Å²) in [7, 11) is 0. The number of carbonyl (C=O) groups is 1. The SMILES string of the molecule is Nc1ccccc1C(=O)N[CH2][Sn]. The number of benzene rings is 1. The van der Waals surface area contributed by atoms with E-state index >= 15 is 0 Å². The van der Waals surface area contributed by atoms with E-state index < -0.39 is 0 Å². The van der Waals surface area contributed by atoms with E-state index in [-0.39, 0.29) is 5.91 Å². The van der Waals surface area contributed by atoms with Crippen molar-refractivity contribution in [2.45, 2.75) is 0 Å². The molecule has 0 unspecified atom stereocenters. The van der Waals surface area contributed by atoms with Crippen LogP contribution in [0.2, 0.25) is 0 Å². The van der Waals surface area contributed by atoms with E-state index in [9.17, 15) is 4.79 Å². The fourth-order valence-electron chi connectivity index (χ4n) is 0.879. The third-order valence-electron chi connectivity index (χ3n) is 1.45. The van der Waals surface area contributed by atoms with Gasteiger partial charge < -0.3 is 0 Å². The van der Waals surface area contributed by atoms with Crippen LogP contribution in [0.25, 0.3) is 0 Å². The van der Waals surface area contributed by atoms with Crippen molar-refractivity contribution in [1.82, 2.24) is 5.32 Å². The Bertz CT molecular complexity index is 288. The zero-order valence-electron chi connectivity index (χ0n) is 6.50. The number of carbonyl (C=O) groups excluding carboxylic acids is 1. The molecule has 0 heterocycles. The molecular weight excluding hydrogens is 259 g/mol. The Morgan fingerprint density at radius 3 is 2.75 bits per heavy atom. The molecule has 3 nitrogen and oxygen atoms in total. The van der Waals surface area contributed by atoms with Gasteiger partial charge in [0.2, 0.25) is 0 Å². The molecule has 0 fully saturated rings. The molecule has 12 heavy (non-hydrogen) atoms. The molecule has 0 saturated heterocycles. The zero-order valence-corrected chi connectivity index (χ0v) is 9.36. The molecule has 0 saturated carbocycles. The van der Waals surface area contributed by atoms with E-state index in [1.165, 1.54) is 22.5 Å². The van der Waals surface area contributed by atoms with Gasteiger partial charge >= 0.3 is 84.4 Å². The molecule has 0 aromatic heterocycles. The number of hydrogen-bond acceptors (Lipinski definition) is 2. The molecule has 4 heteroatoms. The van der Waals surface area contributed by atoms with Crippen molar-refractivity contribution in [1.29, 1.82) is 0 Å². The van der Waals surface area contributed by atoms with E-state index in [1.807, 2.05) is 6.07 Å². The molecule has 1 rings (SSSR count). The monoisotopic (exact) mass is 269 g/mol. The van der Waals surface area contributed by atoms with Crippen LogP contribution < -0.4 is 11.1 Å². The van der Waals surface area contributed by atoms with Gasteiger partial charge in [-0.2, -0.15) is 0 Å². The predicted octanol–water partition coefficient (Wildman–Crippen LogP) is 0.125. The van der Waals surface area contributed by atoms with Crippen LogP contribution in [0.1, 0.15) is 10.4 Å². The minimum absolute atomic E-state index is 0.0927. The molecule has 0 bridgehead atoms. The Morgan fingerprint density at radius 2 is 2.17 bits per heavy atom. The van der Waals surface area contributed by atoms with Gasteiger partial charge in [-0.25, -0.2) is 0 Å². The molecule has 3 radical (unpaired) electrons. The standard InChI is InChI=1S/C8H9N2O.Sn/c1-10-8(11)6-4-2-3-5-7(6)9;/h2-5H,1,9H2,(H,10,11);. The van der Waals surface area contributed by atoms with Gasteiger partial charge in [0.25, 0.3) is 0 Å². The number of para-hydroxylation sites is 1. The average molecular weight is 268 g/mol. The molecule has 1 amide bonds. The third-order valence-corrected chi connectivity index (χ3v) is 1.96. The maximum absolute atomic E-state index is 11.3. The average Bonchev–Trinajstić information content (AvgIpc) is 2.05. The van der Waals surface area contributed by atoms with Crippen molar-refractivity contribution in [2.24, 2.45) is 0 Å². The van der Waals surface area contributed by atoms with E-state index in [1.54, 1.807) is 18.2 Å². The van der Waals surface area contributed by atoms with Crippen LogP contribution in [-0.2, 0) is 0 Å². The fourth-order valence-corrected chi connectivity index (χ4v) is 1.34. The number of rotatable bonds is 2. The van der Waals surface area contributed by atoms with Gasteiger partial charge in [-0.05, 0) is 0 Å². The molecule has 1 aromatic rings. The number of nitrogens with two attached hydrogens (primary N) is 1. The van der Waals surface area contributed by atoms with Gasteiger partial charge in [0.1, 0.15) is 0 Å². The quantitative estimate of drug-likeness (QED) is 0.591. The summed E-state index contributed by atoms with van der Waals surface area (Å²) < 4.78 is 0.708. The summed E-state index contributed by atoms with van der Waals surface area (Å²) in [6.45, 7) is 0. The first-order valence-corrected chi connectivity index (χ1v) is 5.55. The molecule has 0 aliphatic rings. The first-order chi connectivity index (χ1) is 5.75. The molecule has 0 spiro atoms. The molecule has 0 atom stereocenters. The van der Waals surface area contributed by atoms with Crippen LogP contribution >= 0.6 is 0 Å². The maximum atomic E-state index is 11.3. The van der Waals surface area contributed by atoms with Crippen molar-refractivity contribution < 1.29 is 4.79 Å². The van der Waals surface area contributed by atoms with Gasteiger partial charge in [-0.3, -0.25) is 0 Å². The number of hydrogen-bond donors (Lipinski definition) is 2. The summed E-state index contributed by atoms with van der Waals surface area (Å²) in [5.74, 6) is -0.0927. The van der Waals surface area contributed by atoms with E-state index in [4.69, 9.17) is 5.73 Å². The summed E-state index contributed by atoms with van der Waals surface area (Å²) in [4.78, 5) is 11.3. The summed E-state index contributed by atoms with van der Waals surface area (Å²) in [5, 5.41) is 2.72. The van der Waals surface area contributed by atoms with Crippen molar-refractivity contribution >= 4 is 34.1 Å². The number of nitrogens with one attached hydrogen (secondary N) is 1. The molecule has 0 aliphatic carbocycles. The predicted molar refractivity (Wildman–Crippen MR) is 48.9 cm³/mol. The van der Waals surface area contributed by atoms with Crippen LogP contribution in [0.15, 0.2) is 24.3 Å². The van der Waals surface area contributed by atoms with Crippen molar-refractivity contribution in [3.63, 3.8) is 0 Å². The molecule has 1 aromatic carbocycles. The van der Waals surface area contributed by atoms with Crippen LogP contribution in [0, 0.1) is 0 Å². The molecular formula is C8H9N2OSn. The second-order valence-electron chi connectivity index (χ2n) is 2.27. The van der Waals surface area contributed by atoms with Gasteiger partial charge in [0, 0.05) is 0 Å². The summed E-state index contributed by atoms with van der Waals surface area (Å²) in [6.07, 6.45) is 0. The summed E-state index contributed by atoms with van der Waals surface area (Å²) >= 11 is 1.28. The Morgan fingerprint density at radius 1 is 1.50 bits per heavy atom. The summed E-state index contributed by atoms with van der Waals surface area (Å²) in [6, 6.07) is 7.05. The Labute approximate surface area is 84.4 Å². The van der Waals surface area contributed by atoms with Crippen molar-refractivity contribution in [3.05, 3.63) is 29.8 Å². The second kappa shape index (κ2) is 4.35. The van der Waals surface area contributed by atoms with Gasteiger partial charge in [0.15, 0.2) is 0 Å².